The molecule has 0 spiro atoms. The Kier molecular flexibility index (Phi) is 6.83. The molecule has 3 heterocycles. The first-order chi connectivity index (χ1) is 18.0. The summed E-state index contributed by atoms with van der Waals surface area (Å²) in [4.78, 5) is 35.0. The summed E-state index contributed by atoms with van der Waals surface area (Å²) in [5.74, 6) is 0.271. The van der Waals surface area contributed by atoms with Gasteiger partial charge in [-0.25, -0.2) is 9.78 Å². The molecule has 8 heteroatoms. The molecule has 0 fully saturated rings. The number of carbonyl (C=O) groups is 2. The minimum atomic E-state index is -0.476. The number of nitrogens with zero attached hydrogens (tertiary/aromatic N) is 4. The molecule has 3 aromatic heterocycles. The van der Waals surface area contributed by atoms with Crippen LogP contribution in [-0.4, -0.2) is 51.2 Å². The van der Waals surface area contributed by atoms with Gasteiger partial charge in [0.05, 0.1) is 31.0 Å². The first-order valence-corrected chi connectivity index (χ1v) is 12.2. The number of ether oxygens (including phenoxy) is 2. The second kappa shape index (κ2) is 10.4. The van der Waals surface area contributed by atoms with Gasteiger partial charge in [-0.2, -0.15) is 0 Å². The Hall–Kier alpha value is -4.30. The van der Waals surface area contributed by atoms with E-state index in [0.717, 1.165) is 27.9 Å². The van der Waals surface area contributed by atoms with Gasteiger partial charge in [-0.15, -0.1) is 0 Å². The summed E-state index contributed by atoms with van der Waals surface area (Å²) < 4.78 is 14.6. The number of fused-ring (bicyclic) bond motifs is 2. The molecule has 2 aromatic carbocycles. The lowest BCUT2D eigenvalue weighted by Gasteiger charge is -2.08. The van der Waals surface area contributed by atoms with E-state index in [2.05, 4.69) is 14.5 Å². The van der Waals surface area contributed by atoms with E-state index >= 15 is 0 Å². The van der Waals surface area contributed by atoms with Crippen molar-refractivity contribution >= 4 is 33.7 Å². The molecule has 188 valence electrons. The second-order valence-corrected chi connectivity index (χ2v) is 8.76. The fraction of sp³-hybridized carbons (Fsp3) is 0.241. The van der Waals surface area contributed by atoms with Gasteiger partial charge in [0.2, 0.25) is 0 Å². The van der Waals surface area contributed by atoms with Crippen LogP contribution in [0.1, 0.15) is 44.6 Å². The lowest BCUT2D eigenvalue weighted by molar-refractivity contribution is 0.0603. The molecule has 5 rings (SSSR count). The van der Waals surface area contributed by atoms with Crippen LogP contribution in [0.25, 0.3) is 21.9 Å². The van der Waals surface area contributed by atoms with Crippen molar-refractivity contribution in [3.05, 3.63) is 95.2 Å². The van der Waals surface area contributed by atoms with E-state index < -0.39 is 5.97 Å². The topological polar surface area (TPSA) is 88.2 Å². The normalized spacial score (nSPS) is 11.3. The number of benzene rings is 2. The number of ketones is 1. The maximum atomic E-state index is 13.7. The van der Waals surface area contributed by atoms with Gasteiger partial charge >= 0.3 is 5.97 Å². The summed E-state index contributed by atoms with van der Waals surface area (Å²) in [6, 6.07) is 14.9. The molecule has 0 atom stereocenters. The number of imidazole rings is 1. The van der Waals surface area contributed by atoms with E-state index in [1.165, 1.54) is 7.11 Å². The van der Waals surface area contributed by atoms with Gasteiger partial charge in [-0.3, -0.25) is 9.78 Å². The van der Waals surface area contributed by atoms with Crippen molar-refractivity contribution in [3.8, 4) is 0 Å². The summed E-state index contributed by atoms with van der Waals surface area (Å²) in [5.41, 5.74) is 5.08. The average molecular weight is 497 g/mol. The Morgan fingerprint density at radius 2 is 1.81 bits per heavy atom. The molecule has 0 aliphatic rings. The Bertz CT molecular complexity index is 1600. The smallest absolute Gasteiger partial charge is 0.338 e. The van der Waals surface area contributed by atoms with E-state index in [0.29, 0.717) is 48.4 Å². The monoisotopic (exact) mass is 496 g/mol. The zero-order valence-electron chi connectivity index (χ0n) is 21.1. The average Bonchev–Trinajstić information content (AvgIpc) is 3.45. The van der Waals surface area contributed by atoms with Gasteiger partial charge in [0.1, 0.15) is 11.3 Å². The number of methoxy groups -OCH3 is 1. The van der Waals surface area contributed by atoms with Crippen molar-refractivity contribution in [2.24, 2.45) is 0 Å². The van der Waals surface area contributed by atoms with Crippen LogP contribution >= 0.6 is 0 Å². The number of aromatic nitrogens is 4. The molecule has 37 heavy (non-hydrogen) atoms. The lowest BCUT2D eigenvalue weighted by Crippen LogP contribution is -2.06. The highest BCUT2D eigenvalue weighted by molar-refractivity contribution is 6.20. The molecule has 5 aromatic rings. The number of carbonyl (C=O) groups excluding carboxylic acids is 2. The SMILES string of the molecule is CCOCCn1cc(C(=O)c2ccc(Cn3c(C)nc4cnccc43)cc2)c2c(C(=O)OC)cccc21. The minimum absolute atomic E-state index is 0.154. The van der Waals surface area contributed by atoms with Crippen LogP contribution in [0.15, 0.2) is 67.1 Å². The zero-order valence-corrected chi connectivity index (χ0v) is 21.1. The Balaban J connectivity index is 1.49. The maximum Gasteiger partial charge on any atom is 0.338 e. The molecule has 0 saturated carbocycles. The van der Waals surface area contributed by atoms with Gasteiger partial charge in [0.25, 0.3) is 0 Å². The molecule has 0 bridgehead atoms. The maximum absolute atomic E-state index is 13.7. The Morgan fingerprint density at radius 1 is 1.00 bits per heavy atom. The van der Waals surface area contributed by atoms with E-state index in [9.17, 15) is 9.59 Å². The van der Waals surface area contributed by atoms with E-state index in [1.54, 1.807) is 30.7 Å². The largest absolute Gasteiger partial charge is 0.465 e. The van der Waals surface area contributed by atoms with Crippen molar-refractivity contribution in [1.82, 2.24) is 19.1 Å². The molecular formula is C29H28N4O4. The second-order valence-electron chi connectivity index (χ2n) is 8.76. The van der Waals surface area contributed by atoms with Crippen LogP contribution in [-0.2, 0) is 22.6 Å². The predicted octanol–water partition coefficient (Wildman–Crippen LogP) is 4.80. The molecule has 0 radical (unpaired) electrons. The number of rotatable bonds is 9. The number of hydrogen-bond acceptors (Lipinski definition) is 6. The fourth-order valence-corrected chi connectivity index (χ4v) is 4.70. The molecule has 0 aliphatic carbocycles. The van der Waals surface area contributed by atoms with Crippen LogP contribution < -0.4 is 0 Å². The summed E-state index contributed by atoms with van der Waals surface area (Å²) in [5, 5.41) is 0.592. The summed E-state index contributed by atoms with van der Waals surface area (Å²) in [6.45, 7) is 6.21. The molecule has 8 nitrogen and oxygen atoms in total. The Labute approximate surface area is 214 Å². The third-order valence-corrected chi connectivity index (χ3v) is 6.53. The van der Waals surface area contributed by atoms with E-state index in [1.807, 2.05) is 54.8 Å². The first-order valence-electron chi connectivity index (χ1n) is 12.2. The van der Waals surface area contributed by atoms with Crippen LogP contribution in [0.5, 0.6) is 0 Å². The molecule has 0 N–H and O–H groups in total. The fourth-order valence-electron chi connectivity index (χ4n) is 4.70. The van der Waals surface area contributed by atoms with Crippen molar-refractivity contribution in [2.75, 3.05) is 20.3 Å². The Morgan fingerprint density at radius 3 is 2.57 bits per heavy atom. The third kappa shape index (κ3) is 4.63. The lowest BCUT2D eigenvalue weighted by atomic mass is 9.98. The highest BCUT2D eigenvalue weighted by Gasteiger charge is 2.22. The van der Waals surface area contributed by atoms with Gasteiger partial charge in [0, 0.05) is 54.1 Å². The van der Waals surface area contributed by atoms with Crippen molar-refractivity contribution in [1.29, 1.82) is 0 Å². The molecule has 0 amide bonds. The van der Waals surface area contributed by atoms with Gasteiger partial charge in [-0.05, 0) is 37.6 Å². The molecule has 0 saturated heterocycles. The number of esters is 1. The number of pyridine rings is 1. The van der Waals surface area contributed by atoms with Crippen molar-refractivity contribution in [3.63, 3.8) is 0 Å². The molecular weight excluding hydrogens is 468 g/mol. The van der Waals surface area contributed by atoms with Gasteiger partial charge in [-0.1, -0.05) is 30.3 Å². The minimum Gasteiger partial charge on any atom is -0.465 e. The predicted molar refractivity (Wildman–Crippen MR) is 141 cm³/mol. The van der Waals surface area contributed by atoms with Crippen LogP contribution in [0.3, 0.4) is 0 Å². The van der Waals surface area contributed by atoms with Crippen LogP contribution in [0, 0.1) is 6.92 Å². The quantitative estimate of drug-likeness (QED) is 0.166. The van der Waals surface area contributed by atoms with Crippen LogP contribution in [0.2, 0.25) is 0 Å². The number of aryl methyl sites for hydroxylation is 1. The summed E-state index contributed by atoms with van der Waals surface area (Å²) in [6.07, 6.45) is 5.32. The van der Waals surface area contributed by atoms with Gasteiger partial charge < -0.3 is 18.6 Å². The first kappa shape index (κ1) is 24.4. The van der Waals surface area contributed by atoms with E-state index in [4.69, 9.17) is 9.47 Å². The highest BCUT2D eigenvalue weighted by atomic mass is 16.5. The third-order valence-electron chi connectivity index (χ3n) is 6.53. The summed E-state index contributed by atoms with van der Waals surface area (Å²) in [7, 11) is 1.34. The van der Waals surface area contributed by atoms with E-state index in [-0.39, 0.29) is 5.78 Å². The van der Waals surface area contributed by atoms with Crippen molar-refractivity contribution in [2.45, 2.75) is 26.9 Å². The zero-order chi connectivity index (χ0) is 25.9. The van der Waals surface area contributed by atoms with Gasteiger partial charge in [0.15, 0.2) is 5.78 Å². The highest BCUT2D eigenvalue weighted by Crippen LogP contribution is 2.28. The summed E-state index contributed by atoms with van der Waals surface area (Å²) >= 11 is 0. The van der Waals surface area contributed by atoms with Crippen LogP contribution in [0.4, 0.5) is 0 Å². The standard InChI is InChI=1S/C29H28N4O4/c1-4-37-15-14-32-18-23(27-22(29(35)36-3)6-5-7-26(27)32)28(34)21-10-8-20(9-11-21)17-33-19(2)31-24-16-30-13-12-25(24)33/h5-13,16,18H,4,14-15,17H2,1-3H3. The van der Waals surface area contributed by atoms with Crippen molar-refractivity contribution < 1.29 is 19.1 Å². The number of hydrogen-bond donors (Lipinski definition) is 0. The molecule has 0 aliphatic heterocycles. The molecule has 0 unspecified atom stereocenters.